The molecular formula is C13H11FN4. The van der Waals surface area contributed by atoms with Crippen LogP contribution in [-0.2, 0) is 6.54 Å². The van der Waals surface area contributed by atoms with Gasteiger partial charge in [-0.25, -0.2) is 9.07 Å². The summed E-state index contributed by atoms with van der Waals surface area (Å²) in [6.07, 6.45) is 5.05. The van der Waals surface area contributed by atoms with Gasteiger partial charge in [0.25, 0.3) is 0 Å². The highest BCUT2D eigenvalue weighted by atomic mass is 19.1. The van der Waals surface area contributed by atoms with Crippen LogP contribution < -0.4 is 5.32 Å². The van der Waals surface area contributed by atoms with Crippen LogP contribution in [0.2, 0.25) is 0 Å². The molecule has 2 aromatic rings. The van der Waals surface area contributed by atoms with Crippen molar-refractivity contribution < 1.29 is 4.39 Å². The summed E-state index contributed by atoms with van der Waals surface area (Å²) in [6.45, 7) is 4.04. The van der Waals surface area contributed by atoms with Gasteiger partial charge in [0.05, 0.1) is 23.5 Å². The van der Waals surface area contributed by atoms with E-state index < -0.39 is 5.82 Å². The molecule has 1 aromatic carbocycles. The number of halogens is 1. The molecule has 0 spiro atoms. The molecule has 0 aliphatic carbocycles. The second-order valence-corrected chi connectivity index (χ2v) is 3.67. The largest absolute Gasteiger partial charge is 0.378 e. The fraction of sp³-hybridized carbons (Fsp3) is 0.0769. The Morgan fingerprint density at radius 1 is 1.56 bits per heavy atom. The van der Waals surface area contributed by atoms with Gasteiger partial charge in [-0.3, -0.25) is 0 Å². The minimum Gasteiger partial charge on any atom is -0.378 e. The van der Waals surface area contributed by atoms with Crippen molar-refractivity contribution in [1.29, 1.82) is 5.26 Å². The average Bonchev–Trinajstić information content (AvgIpc) is 2.85. The number of hydrogen-bond donors (Lipinski definition) is 1. The van der Waals surface area contributed by atoms with Crippen LogP contribution >= 0.6 is 0 Å². The molecular weight excluding hydrogens is 231 g/mol. The molecule has 0 aliphatic rings. The number of nitriles is 1. The summed E-state index contributed by atoms with van der Waals surface area (Å²) in [4.78, 5) is 0. The standard InChI is InChI=1S/C13H11FN4/c1-2-18-9-11(8-17-18)7-16-13-4-3-10(6-15)5-12(13)14/h2-5,8-9,16H,1,7H2. The van der Waals surface area contributed by atoms with Gasteiger partial charge in [-0.05, 0) is 18.2 Å². The fourth-order valence-electron chi connectivity index (χ4n) is 1.49. The van der Waals surface area contributed by atoms with E-state index in [1.165, 1.54) is 6.07 Å². The number of anilines is 1. The summed E-state index contributed by atoms with van der Waals surface area (Å²) >= 11 is 0. The van der Waals surface area contributed by atoms with Gasteiger partial charge in [-0.15, -0.1) is 0 Å². The van der Waals surface area contributed by atoms with Crippen LogP contribution in [-0.4, -0.2) is 9.78 Å². The fourth-order valence-corrected chi connectivity index (χ4v) is 1.49. The molecule has 1 heterocycles. The third kappa shape index (κ3) is 2.55. The molecule has 0 bridgehead atoms. The predicted octanol–water partition coefficient (Wildman–Crippen LogP) is 2.61. The number of aromatic nitrogens is 2. The molecule has 0 saturated carbocycles. The first-order chi connectivity index (χ1) is 8.72. The lowest BCUT2D eigenvalue weighted by Crippen LogP contribution is -2.00. The Kier molecular flexibility index (Phi) is 3.39. The maximum Gasteiger partial charge on any atom is 0.147 e. The van der Waals surface area contributed by atoms with Crippen LogP contribution in [0, 0.1) is 17.1 Å². The van der Waals surface area contributed by atoms with Crippen LogP contribution in [0.4, 0.5) is 10.1 Å². The molecule has 0 fully saturated rings. The summed E-state index contributed by atoms with van der Waals surface area (Å²) in [6, 6.07) is 6.21. The quantitative estimate of drug-likeness (QED) is 0.896. The van der Waals surface area contributed by atoms with Crippen molar-refractivity contribution in [3.05, 3.63) is 54.1 Å². The van der Waals surface area contributed by atoms with Crippen molar-refractivity contribution in [3.63, 3.8) is 0 Å². The Balaban J connectivity index is 2.06. The highest BCUT2D eigenvalue weighted by molar-refractivity contribution is 5.49. The van der Waals surface area contributed by atoms with Gasteiger partial charge in [0.1, 0.15) is 5.82 Å². The number of rotatable bonds is 4. The zero-order chi connectivity index (χ0) is 13.0. The molecule has 5 heteroatoms. The van der Waals surface area contributed by atoms with E-state index in [4.69, 9.17) is 5.26 Å². The molecule has 90 valence electrons. The molecule has 0 saturated heterocycles. The lowest BCUT2D eigenvalue weighted by molar-refractivity contribution is 0.629. The molecule has 1 N–H and O–H groups in total. The predicted molar refractivity (Wildman–Crippen MR) is 67.1 cm³/mol. The van der Waals surface area contributed by atoms with E-state index in [0.29, 0.717) is 17.8 Å². The molecule has 18 heavy (non-hydrogen) atoms. The second-order valence-electron chi connectivity index (χ2n) is 3.67. The van der Waals surface area contributed by atoms with Gasteiger partial charge < -0.3 is 5.32 Å². The van der Waals surface area contributed by atoms with Gasteiger partial charge in [-0.2, -0.15) is 10.4 Å². The normalized spacial score (nSPS) is 9.78. The van der Waals surface area contributed by atoms with Crippen LogP contribution in [0.5, 0.6) is 0 Å². The molecule has 2 rings (SSSR count). The van der Waals surface area contributed by atoms with E-state index in [0.717, 1.165) is 5.56 Å². The molecule has 1 aromatic heterocycles. The molecule has 4 nitrogen and oxygen atoms in total. The van der Waals surface area contributed by atoms with E-state index in [-0.39, 0.29) is 0 Å². The number of benzene rings is 1. The van der Waals surface area contributed by atoms with Crippen molar-refractivity contribution >= 4 is 11.9 Å². The zero-order valence-corrected chi connectivity index (χ0v) is 9.60. The molecule has 0 radical (unpaired) electrons. The molecule has 0 unspecified atom stereocenters. The van der Waals surface area contributed by atoms with Gasteiger partial charge in [-0.1, -0.05) is 6.58 Å². The SMILES string of the molecule is C=Cn1cc(CNc2ccc(C#N)cc2F)cn1. The Morgan fingerprint density at radius 2 is 2.39 bits per heavy atom. The van der Waals surface area contributed by atoms with E-state index in [9.17, 15) is 4.39 Å². The molecule has 0 atom stereocenters. The molecule has 0 aliphatic heterocycles. The lowest BCUT2D eigenvalue weighted by atomic mass is 10.2. The summed E-state index contributed by atoms with van der Waals surface area (Å²) in [7, 11) is 0. The highest BCUT2D eigenvalue weighted by Crippen LogP contribution is 2.16. The van der Waals surface area contributed by atoms with Gasteiger partial charge >= 0.3 is 0 Å². The number of nitrogens with one attached hydrogen (secondary N) is 1. The maximum absolute atomic E-state index is 13.6. The first kappa shape index (κ1) is 11.9. The lowest BCUT2D eigenvalue weighted by Gasteiger charge is -2.05. The van der Waals surface area contributed by atoms with Gasteiger partial charge in [0.15, 0.2) is 0 Å². The first-order valence-corrected chi connectivity index (χ1v) is 5.32. The van der Waals surface area contributed by atoms with E-state index in [2.05, 4.69) is 17.0 Å². The van der Waals surface area contributed by atoms with Gasteiger partial charge in [0.2, 0.25) is 0 Å². The van der Waals surface area contributed by atoms with Crippen molar-refractivity contribution in [2.75, 3.05) is 5.32 Å². The Morgan fingerprint density at radius 3 is 3.00 bits per heavy atom. The maximum atomic E-state index is 13.6. The third-order valence-corrected chi connectivity index (χ3v) is 2.42. The average molecular weight is 242 g/mol. The van der Waals surface area contributed by atoms with E-state index in [1.807, 2.05) is 6.07 Å². The van der Waals surface area contributed by atoms with Crippen LogP contribution in [0.25, 0.3) is 6.20 Å². The zero-order valence-electron chi connectivity index (χ0n) is 9.60. The van der Waals surface area contributed by atoms with E-state index in [1.54, 1.807) is 35.4 Å². The summed E-state index contributed by atoms with van der Waals surface area (Å²) in [5.74, 6) is -0.440. The number of nitrogens with zero attached hydrogens (tertiary/aromatic N) is 3. The Labute approximate surface area is 104 Å². The van der Waals surface area contributed by atoms with Crippen LogP contribution in [0.1, 0.15) is 11.1 Å². The van der Waals surface area contributed by atoms with Crippen molar-refractivity contribution in [2.45, 2.75) is 6.54 Å². The van der Waals surface area contributed by atoms with Crippen molar-refractivity contribution in [3.8, 4) is 6.07 Å². The summed E-state index contributed by atoms with van der Waals surface area (Å²) < 4.78 is 15.1. The molecule has 0 amide bonds. The van der Waals surface area contributed by atoms with Crippen molar-refractivity contribution in [1.82, 2.24) is 9.78 Å². The third-order valence-electron chi connectivity index (χ3n) is 2.42. The monoisotopic (exact) mass is 242 g/mol. The van der Waals surface area contributed by atoms with Crippen molar-refractivity contribution in [2.24, 2.45) is 0 Å². The Hall–Kier alpha value is -2.61. The highest BCUT2D eigenvalue weighted by Gasteiger charge is 2.03. The smallest absolute Gasteiger partial charge is 0.147 e. The summed E-state index contributed by atoms with van der Waals surface area (Å²) in [5, 5.41) is 15.6. The minimum atomic E-state index is -0.440. The van der Waals surface area contributed by atoms with Crippen LogP contribution in [0.15, 0.2) is 37.2 Å². The van der Waals surface area contributed by atoms with Crippen LogP contribution in [0.3, 0.4) is 0 Å². The van der Waals surface area contributed by atoms with E-state index >= 15 is 0 Å². The topological polar surface area (TPSA) is 53.6 Å². The minimum absolute atomic E-state index is 0.303. The van der Waals surface area contributed by atoms with Gasteiger partial charge in [0, 0.05) is 24.5 Å². The second kappa shape index (κ2) is 5.15. The number of hydrogen-bond acceptors (Lipinski definition) is 3. The first-order valence-electron chi connectivity index (χ1n) is 5.32. The Bertz CT molecular complexity index is 610. The summed E-state index contributed by atoms with van der Waals surface area (Å²) in [5.41, 5.74) is 1.58.